The van der Waals surface area contributed by atoms with E-state index in [1.165, 1.54) is 25.3 Å². The molecular formula is C15H13ClFNO3. The van der Waals surface area contributed by atoms with Crippen LogP contribution in [0.5, 0.6) is 5.75 Å². The lowest BCUT2D eigenvalue weighted by Gasteiger charge is -2.13. The second kappa shape index (κ2) is 6.45. The zero-order valence-electron chi connectivity index (χ0n) is 11.2. The molecule has 21 heavy (non-hydrogen) atoms. The fourth-order valence-electron chi connectivity index (χ4n) is 1.79. The number of ether oxygens (including phenoxy) is 2. The number of nitrogens with two attached hydrogens (primary N) is 1. The predicted molar refractivity (Wildman–Crippen MR) is 77.9 cm³/mol. The minimum atomic E-state index is -0.632. The molecule has 0 radical (unpaired) electrons. The fourth-order valence-corrected chi connectivity index (χ4v) is 2.07. The molecule has 0 spiro atoms. The van der Waals surface area contributed by atoms with E-state index in [2.05, 4.69) is 4.74 Å². The molecule has 0 amide bonds. The Morgan fingerprint density at radius 1 is 1.33 bits per heavy atom. The van der Waals surface area contributed by atoms with Gasteiger partial charge in [-0.2, -0.15) is 0 Å². The van der Waals surface area contributed by atoms with E-state index in [1.807, 2.05) is 0 Å². The van der Waals surface area contributed by atoms with Crippen LogP contribution in [0.25, 0.3) is 0 Å². The molecule has 4 nitrogen and oxygen atoms in total. The highest BCUT2D eigenvalue weighted by atomic mass is 35.5. The molecule has 0 aliphatic heterocycles. The van der Waals surface area contributed by atoms with E-state index in [-0.39, 0.29) is 22.9 Å². The zero-order valence-corrected chi connectivity index (χ0v) is 12.0. The molecule has 0 aliphatic carbocycles. The number of methoxy groups -OCH3 is 1. The molecule has 0 saturated heterocycles. The lowest BCUT2D eigenvalue weighted by molar-refractivity contribution is 0.0595. The first-order chi connectivity index (χ1) is 10.0. The molecular weight excluding hydrogens is 297 g/mol. The molecule has 0 aromatic heterocycles. The summed E-state index contributed by atoms with van der Waals surface area (Å²) in [6.07, 6.45) is 0. The first kappa shape index (κ1) is 15.1. The van der Waals surface area contributed by atoms with Crippen LogP contribution in [0, 0.1) is 5.82 Å². The standard InChI is InChI=1S/C15H13ClFNO3/c1-20-15(19)11-6-10(18)7-12(16)14(11)21-8-9-4-2-3-5-13(9)17/h2-7H,8,18H2,1H3. The molecule has 2 N–H and O–H groups in total. The Labute approximate surface area is 126 Å². The number of halogens is 2. The topological polar surface area (TPSA) is 61.5 Å². The minimum Gasteiger partial charge on any atom is -0.486 e. The molecule has 2 aromatic carbocycles. The maximum absolute atomic E-state index is 13.6. The number of carbonyl (C=O) groups excluding carboxylic acids is 1. The van der Waals surface area contributed by atoms with Gasteiger partial charge in [0.05, 0.1) is 12.1 Å². The molecule has 0 heterocycles. The maximum atomic E-state index is 13.6. The van der Waals surface area contributed by atoms with Gasteiger partial charge in [0.1, 0.15) is 18.0 Å². The van der Waals surface area contributed by atoms with Crippen LogP contribution in [0.4, 0.5) is 10.1 Å². The Kier molecular flexibility index (Phi) is 4.65. The van der Waals surface area contributed by atoms with Crippen molar-refractivity contribution >= 4 is 23.3 Å². The Bertz CT molecular complexity index is 676. The van der Waals surface area contributed by atoms with Gasteiger partial charge in [0.25, 0.3) is 0 Å². The van der Waals surface area contributed by atoms with Gasteiger partial charge in [0.15, 0.2) is 5.75 Å². The van der Waals surface area contributed by atoms with Gasteiger partial charge < -0.3 is 15.2 Å². The highest BCUT2D eigenvalue weighted by molar-refractivity contribution is 6.33. The highest BCUT2D eigenvalue weighted by Gasteiger charge is 2.18. The van der Waals surface area contributed by atoms with Crippen LogP contribution >= 0.6 is 11.6 Å². The number of rotatable bonds is 4. The number of carbonyl (C=O) groups is 1. The summed E-state index contributed by atoms with van der Waals surface area (Å²) in [7, 11) is 1.24. The number of anilines is 1. The monoisotopic (exact) mass is 309 g/mol. The number of esters is 1. The van der Waals surface area contributed by atoms with E-state index in [0.717, 1.165) is 0 Å². The number of hydrogen-bond donors (Lipinski definition) is 1. The van der Waals surface area contributed by atoms with E-state index in [1.54, 1.807) is 18.2 Å². The first-order valence-corrected chi connectivity index (χ1v) is 6.44. The maximum Gasteiger partial charge on any atom is 0.341 e. The molecule has 0 saturated carbocycles. The van der Waals surface area contributed by atoms with Gasteiger partial charge in [0, 0.05) is 11.3 Å². The molecule has 0 aliphatic rings. The van der Waals surface area contributed by atoms with Gasteiger partial charge in [-0.25, -0.2) is 9.18 Å². The van der Waals surface area contributed by atoms with Crippen LogP contribution in [0.2, 0.25) is 5.02 Å². The third-order valence-electron chi connectivity index (χ3n) is 2.80. The quantitative estimate of drug-likeness (QED) is 0.694. The summed E-state index contributed by atoms with van der Waals surface area (Å²) in [4.78, 5) is 11.7. The molecule has 6 heteroatoms. The van der Waals surface area contributed by atoms with E-state index in [4.69, 9.17) is 22.1 Å². The minimum absolute atomic E-state index is 0.0691. The van der Waals surface area contributed by atoms with Crippen molar-refractivity contribution in [3.63, 3.8) is 0 Å². The van der Waals surface area contributed by atoms with E-state index in [0.29, 0.717) is 11.3 Å². The molecule has 2 aromatic rings. The Balaban J connectivity index is 2.31. The third-order valence-corrected chi connectivity index (χ3v) is 3.08. The van der Waals surface area contributed by atoms with E-state index < -0.39 is 11.8 Å². The lowest BCUT2D eigenvalue weighted by atomic mass is 10.1. The van der Waals surface area contributed by atoms with Crippen molar-refractivity contribution < 1.29 is 18.7 Å². The van der Waals surface area contributed by atoms with Gasteiger partial charge in [0.2, 0.25) is 0 Å². The molecule has 0 bridgehead atoms. The third kappa shape index (κ3) is 3.44. The molecule has 0 fully saturated rings. The van der Waals surface area contributed by atoms with Crippen LogP contribution in [0.3, 0.4) is 0 Å². The average molecular weight is 310 g/mol. The summed E-state index contributed by atoms with van der Waals surface area (Å²) in [5.74, 6) is -0.919. The highest BCUT2D eigenvalue weighted by Crippen LogP contribution is 2.32. The van der Waals surface area contributed by atoms with Gasteiger partial charge in [-0.15, -0.1) is 0 Å². The predicted octanol–water partition coefficient (Wildman–Crippen LogP) is 3.43. The molecule has 2 rings (SSSR count). The van der Waals surface area contributed by atoms with Crippen molar-refractivity contribution in [2.45, 2.75) is 6.61 Å². The SMILES string of the molecule is COC(=O)c1cc(N)cc(Cl)c1OCc1ccccc1F. The second-order valence-electron chi connectivity index (χ2n) is 4.25. The normalized spacial score (nSPS) is 10.2. The molecule has 0 atom stereocenters. The van der Waals surface area contributed by atoms with Crippen LogP contribution in [-0.2, 0) is 11.3 Å². The number of nitrogen functional groups attached to an aromatic ring is 1. The van der Waals surface area contributed by atoms with Crippen molar-refractivity contribution in [2.24, 2.45) is 0 Å². The summed E-state index contributed by atoms with van der Waals surface area (Å²) in [6, 6.07) is 9.02. The van der Waals surface area contributed by atoms with Gasteiger partial charge in [-0.3, -0.25) is 0 Å². The summed E-state index contributed by atoms with van der Waals surface area (Å²) in [5, 5.41) is 0.159. The largest absolute Gasteiger partial charge is 0.486 e. The van der Waals surface area contributed by atoms with Crippen molar-refractivity contribution in [3.8, 4) is 5.75 Å². The van der Waals surface area contributed by atoms with Crippen molar-refractivity contribution in [2.75, 3.05) is 12.8 Å². The summed E-state index contributed by atoms with van der Waals surface area (Å²) in [5.41, 5.74) is 6.39. The molecule has 110 valence electrons. The van der Waals surface area contributed by atoms with Crippen molar-refractivity contribution in [1.82, 2.24) is 0 Å². The van der Waals surface area contributed by atoms with Gasteiger partial charge >= 0.3 is 5.97 Å². The summed E-state index contributed by atoms with van der Waals surface area (Å²) >= 11 is 6.04. The number of benzene rings is 2. The van der Waals surface area contributed by atoms with E-state index in [9.17, 15) is 9.18 Å². The summed E-state index contributed by atoms with van der Waals surface area (Å²) in [6.45, 7) is -0.0691. The van der Waals surface area contributed by atoms with Crippen LogP contribution in [0.1, 0.15) is 15.9 Å². The smallest absolute Gasteiger partial charge is 0.341 e. The van der Waals surface area contributed by atoms with E-state index >= 15 is 0 Å². The van der Waals surface area contributed by atoms with Crippen LogP contribution in [0.15, 0.2) is 36.4 Å². The molecule has 0 unspecified atom stereocenters. The Morgan fingerprint density at radius 2 is 2.05 bits per heavy atom. The lowest BCUT2D eigenvalue weighted by Crippen LogP contribution is -2.08. The Morgan fingerprint density at radius 3 is 2.71 bits per heavy atom. The van der Waals surface area contributed by atoms with Crippen LogP contribution in [-0.4, -0.2) is 13.1 Å². The first-order valence-electron chi connectivity index (χ1n) is 6.06. The van der Waals surface area contributed by atoms with Crippen molar-refractivity contribution in [1.29, 1.82) is 0 Å². The zero-order chi connectivity index (χ0) is 15.4. The fraction of sp³-hybridized carbons (Fsp3) is 0.133. The second-order valence-corrected chi connectivity index (χ2v) is 4.66. The number of hydrogen-bond acceptors (Lipinski definition) is 4. The van der Waals surface area contributed by atoms with Gasteiger partial charge in [-0.05, 0) is 18.2 Å². The Hall–Kier alpha value is -2.27. The van der Waals surface area contributed by atoms with Crippen molar-refractivity contribution in [3.05, 3.63) is 58.4 Å². The summed E-state index contributed by atoms with van der Waals surface area (Å²) < 4.78 is 23.7. The van der Waals surface area contributed by atoms with Gasteiger partial charge in [-0.1, -0.05) is 29.8 Å². The average Bonchev–Trinajstić information content (AvgIpc) is 2.46. The van der Waals surface area contributed by atoms with Crippen LogP contribution < -0.4 is 10.5 Å².